The van der Waals surface area contributed by atoms with E-state index in [0.717, 1.165) is 31.2 Å². The summed E-state index contributed by atoms with van der Waals surface area (Å²) in [5.41, 5.74) is 3.74. The molecule has 1 aromatic carbocycles. The van der Waals surface area contributed by atoms with Gasteiger partial charge in [0.1, 0.15) is 0 Å². The van der Waals surface area contributed by atoms with Crippen molar-refractivity contribution in [1.82, 2.24) is 20.4 Å². The van der Waals surface area contributed by atoms with E-state index in [1.807, 2.05) is 17.8 Å². The minimum Gasteiger partial charge on any atom is -0.357 e. The van der Waals surface area contributed by atoms with Crippen LogP contribution in [0.4, 0.5) is 0 Å². The number of rotatable bonds is 6. The molecule has 2 rings (SSSR count). The molecule has 0 unspecified atom stereocenters. The molecule has 0 fully saturated rings. The van der Waals surface area contributed by atoms with Gasteiger partial charge in [-0.2, -0.15) is 5.10 Å². The van der Waals surface area contributed by atoms with E-state index >= 15 is 0 Å². The third-order valence-electron chi connectivity index (χ3n) is 3.45. The number of aliphatic imine (C=N–C) groups is 1. The molecular formula is C17H26IN5. The van der Waals surface area contributed by atoms with Crippen molar-refractivity contribution < 1.29 is 0 Å². The van der Waals surface area contributed by atoms with E-state index in [9.17, 15) is 0 Å². The molecule has 0 aliphatic rings. The molecule has 2 N–H and O–H groups in total. The zero-order valence-corrected chi connectivity index (χ0v) is 16.4. The number of halogens is 1. The van der Waals surface area contributed by atoms with Gasteiger partial charge in [0.2, 0.25) is 0 Å². The van der Waals surface area contributed by atoms with Crippen LogP contribution in [0.15, 0.2) is 41.5 Å². The van der Waals surface area contributed by atoms with E-state index in [4.69, 9.17) is 0 Å². The zero-order chi connectivity index (χ0) is 15.8. The fourth-order valence-electron chi connectivity index (χ4n) is 2.25. The van der Waals surface area contributed by atoms with E-state index < -0.39 is 0 Å². The lowest BCUT2D eigenvalue weighted by atomic mass is 10.1. The van der Waals surface area contributed by atoms with E-state index in [1.165, 1.54) is 11.1 Å². The largest absolute Gasteiger partial charge is 0.357 e. The van der Waals surface area contributed by atoms with Crippen molar-refractivity contribution in [2.75, 3.05) is 13.1 Å². The summed E-state index contributed by atoms with van der Waals surface area (Å²) >= 11 is 0. The van der Waals surface area contributed by atoms with E-state index in [-0.39, 0.29) is 24.0 Å². The van der Waals surface area contributed by atoms with Gasteiger partial charge in [-0.25, -0.2) is 4.99 Å². The summed E-state index contributed by atoms with van der Waals surface area (Å²) in [5, 5.41) is 10.8. The average molecular weight is 427 g/mol. The number of aryl methyl sites for hydroxylation is 2. The predicted octanol–water partition coefficient (Wildman–Crippen LogP) is 2.64. The first-order valence-corrected chi connectivity index (χ1v) is 7.73. The molecule has 0 saturated heterocycles. The van der Waals surface area contributed by atoms with Crippen molar-refractivity contribution in [1.29, 1.82) is 0 Å². The zero-order valence-electron chi connectivity index (χ0n) is 14.0. The van der Waals surface area contributed by atoms with Crippen LogP contribution >= 0.6 is 24.0 Å². The summed E-state index contributed by atoms with van der Waals surface area (Å²) in [7, 11) is 1.93. The van der Waals surface area contributed by atoms with Gasteiger partial charge in [0.25, 0.3) is 0 Å². The fourth-order valence-corrected chi connectivity index (χ4v) is 2.25. The summed E-state index contributed by atoms with van der Waals surface area (Å²) in [6.45, 7) is 6.52. The fraction of sp³-hybridized carbons (Fsp3) is 0.412. The van der Waals surface area contributed by atoms with Gasteiger partial charge < -0.3 is 10.6 Å². The second-order valence-electron chi connectivity index (χ2n) is 5.31. The summed E-state index contributed by atoms with van der Waals surface area (Å²) in [4.78, 5) is 4.60. The van der Waals surface area contributed by atoms with Crippen molar-refractivity contribution >= 4 is 29.9 Å². The highest BCUT2D eigenvalue weighted by Gasteiger charge is 2.00. The van der Waals surface area contributed by atoms with Crippen LogP contribution < -0.4 is 10.6 Å². The number of guanidine groups is 1. The van der Waals surface area contributed by atoms with Gasteiger partial charge >= 0.3 is 0 Å². The summed E-state index contributed by atoms with van der Waals surface area (Å²) in [5.74, 6) is 0.844. The molecule has 1 aromatic heterocycles. The number of nitrogens with one attached hydrogen (secondary N) is 2. The van der Waals surface area contributed by atoms with Gasteiger partial charge in [0, 0.05) is 26.3 Å². The lowest BCUT2D eigenvalue weighted by Crippen LogP contribution is -2.38. The highest BCUT2D eigenvalue weighted by molar-refractivity contribution is 14.0. The maximum atomic E-state index is 4.60. The molecular weight excluding hydrogens is 401 g/mol. The Morgan fingerprint density at radius 1 is 1.26 bits per heavy atom. The van der Waals surface area contributed by atoms with Crippen LogP contribution in [0.25, 0.3) is 0 Å². The Kier molecular flexibility index (Phi) is 8.68. The third-order valence-corrected chi connectivity index (χ3v) is 3.45. The minimum absolute atomic E-state index is 0. The molecule has 0 spiro atoms. The van der Waals surface area contributed by atoms with Crippen molar-refractivity contribution in [3.63, 3.8) is 0 Å². The van der Waals surface area contributed by atoms with Crippen LogP contribution in [0, 0.1) is 6.92 Å². The summed E-state index contributed by atoms with van der Waals surface area (Å²) in [6.07, 6.45) is 2.78. The second kappa shape index (κ2) is 10.3. The quantitative estimate of drug-likeness (QED) is 0.424. The van der Waals surface area contributed by atoms with Crippen molar-refractivity contribution in [2.45, 2.75) is 26.8 Å². The number of hydrogen-bond acceptors (Lipinski definition) is 2. The van der Waals surface area contributed by atoms with Crippen LogP contribution in [0.5, 0.6) is 0 Å². The van der Waals surface area contributed by atoms with Gasteiger partial charge in [0.15, 0.2) is 5.96 Å². The minimum atomic E-state index is 0. The lowest BCUT2D eigenvalue weighted by Gasteiger charge is -2.11. The molecule has 0 radical (unpaired) electrons. The highest BCUT2D eigenvalue weighted by Crippen LogP contribution is 2.04. The van der Waals surface area contributed by atoms with Crippen LogP contribution in [0.3, 0.4) is 0 Å². The van der Waals surface area contributed by atoms with Gasteiger partial charge in [0.05, 0.1) is 12.2 Å². The first-order valence-electron chi connectivity index (χ1n) is 7.73. The Morgan fingerprint density at radius 3 is 2.74 bits per heavy atom. The Morgan fingerprint density at radius 2 is 2.09 bits per heavy atom. The first-order chi connectivity index (χ1) is 10.7. The monoisotopic (exact) mass is 427 g/mol. The Labute approximate surface area is 155 Å². The second-order valence-corrected chi connectivity index (χ2v) is 5.31. The number of aromatic nitrogens is 2. The Hall–Kier alpha value is -1.57. The van der Waals surface area contributed by atoms with Gasteiger partial charge in [-0.15, -0.1) is 24.0 Å². The summed E-state index contributed by atoms with van der Waals surface area (Å²) < 4.78 is 1.85. The molecule has 5 nitrogen and oxygen atoms in total. The van der Waals surface area contributed by atoms with Crippen molar-refractivity contribution in [3.8, 4) is 0 Å². The van der Waals surface area contributed by atoms with Crippen molar-refractivity contribution in [3.05, 3.63) is 53.3 Å². The maximum absolute atomic E-state index is 4.60. The van der Waals surface area contributed by atoms with Crippen molar-refractivity contribution in [2.24, 2.45) is 12.0 Å². The Bertz CT molecular complexity index is 621. The molecule has 0 atom stereocenters. The number of benzene rings is 1. The van der Waals surface area contributed by atoms with E-state index in [0.29, 0.717) is 6.54 Å². The molecule has 0 amide bonds. The topological polar surface area (TPSA) is 54.2 Å². The Balaban J connectivity index is 0.00000264. The van der Waals surface area contributed by atoms with Crippen LogP contribution in [0.1, 0.15) is 23.7 Å². The number of hydrogen-bond donors (Lipinski definition) is 2. The smallest absolute Gasteiger partial charge is 0.191 e. The molecule has 23 heavy (non-hydrogen) atoms. The lowest BCUT2D eigenvalue weighted by molar-refractivity contribution is 0.707. The molecule has 1 heterocycles. The predicted molar refractivity (Wildman–Crippen MR) is 106 cm³/mol. The van der Waals surface area contributed by atoms with Gasteiger partial charge in [-0.1, -0.05) is 29.8 Å². The highest BCUT2D eigenvalue weighted by atomic mass is 127. The molecule has 0 bridgehead atoms. The number of nitrogens with zero attached hydrogens (tertiary/aromatic N) is 3. The molecule has 2 aromatic rings. The molecule has 126 valence electrons. The van der Waals surface area contributed by atoms with Crippen LogP contribution in [-0.2, 0) is 20.0 Å². The first kappa shape index (κ1) is 19.5. The van der Waals surface area contributed by atoms with Gasteiger partial charge in [-0.3, -0.25) is 4.68 Å². The standard InChI is InChI=1S/C17H25N5.HI/c1-4-18-17(20-13-16-9-11-21-22(16)3)19-10-8-15-7-5-6-14(2)12-15;/h5-7,9,11-12H,4,8,10,13H2,1-3H3,(H2,18,19,20);1H. The maximum Gasteiger partial charge on any atom is 0.191 e. The molecule has 6 heteroatoms. The molecule has 0 saturated carbocycles. The normalized spacial score (nSPS) is 11.0. The summed E-state index contributed by atoms with van der Waals surface area (Å²) in [6, 6.07) is 10.6. The van der Waals surface area contributed by atoms with Gasteiger partial charge in [-0.05, 0) is 31.9 Å². The van der Waals surface area contributed by atoms with Crippen LogP contribution in [-0.4, -0.2) is 28.8 Å². The van der Waals surface area contributed by atoms with E-state index in [2.05, 4.69) is 58.8 Å². The van der Waals surface area contributed by atoms with Crippen LogP contribution in [0.2, 0.25) is 0 Å². The SMILES string of the molecule is CCNC(=NCc1ccnn1C)NCCc1cccc(C)c1.I. The molecule has 0 aliphatic carbocycles. The molecule has 0 aliphatic heterocycles. The van der Waals surface area contributed by atoms with E-state index in [1.54, 1.807) is 6.20 Å². The average Bonchev–Trinajstić information content (AvgIpc) is 2.90. The third kappa shape index (κ3) is 6.60.